The third-order valence-electron chi connectivity index (χ3n) is 5.27. The van der Waals surface area contributed by atoms with Crippen molar-refractivity contribution in [2.24, 2.45) is 0 Å². The first-order valence-corrected chi connectivity index (χ1v) is 9.36. The van der Waals surface area contributed by atoms with Crippen molar-refractivity contribution in [2.45, 2.75) is 43.9 Å². The lowest BCUT2D eigenvalue weighted by Crippen LogP contribution is -2.25. The molecule has 3 rings (SSSR count). The van der Waals surface area contributed by atoms with Gasteiger partial charge in [0, 0.05) is 11.4 Å². The maximum Gasteiger partial charge on any atom is 0.416 e. The summed E-state index contributed by atoms with van der Waals surface area (Å²) >= 11 is 0. The maximum atomic E-state index is 12.6. The minimum Gasteiger partial charge on any atom is -0.478 e. The molecule has 2 aromatic carbocycles. The number of aromatic carboxylic acids is 1. The van der Waals surface area contributed by atoms with Crippen LogP contribution in [0.4, 0.5) is 24.5 Å². The number of benzene rings is 2. The number of nitrogens with two attached hydrogens (primary N) is 2. The van der Waals surface area contributed by atoms with Gasteiger partial charge in [0.1, 0.15) is 6.10 Å². The number of alkyl halides is 3. The summed E-state index contributed by atoms with van der Waals surface area (Å²) in [5, 5.41) is 9.46. The quantitative estimate of drug-likeness (QED) is 0.495. The van der Waals surface area contributed by atoms with E-state index >= 15 is 0 Å². The predicted octanol–water partition coefficient (Wildman–Crippen LogP) is 4.45. The van der Waals surface area contributed by atoms with Gasteiger partial charge in [-0.2, -0.15) is 13.2 Å². The molecule has 6 nitrogen and oxygen atoms in total. The van der Waals surface area contributed by atoms with Crippen LogP contribution in [0, 0.1) is 0 Å². The fourth-order valence-corrected chi connectivity index (χ4v) is 3.82. The van der Waals surface area contributed by atoms with Gasteiger partial charge in [-0.25, -0.2) is 9.59 Å². The number of anilines is 2. The number of carbonyl (C=O) groups excluding carboxylic acids is 1. The van der Waals surface area contributed by atoms with E-state index < -0.39 is 29.8 Å². The minimum atomic E-state index is -4.47. The monoisotopic (exact) mass is 422 g/mol. The second-order valence-electron chi connectivity index (χ2n) is 7.33. The van der Waals surface area contributed by atoms with E-state index in [-0.39, 0.29) is 22.7 Å². The highest BCUT2D eigenvalue weighted by molar-refractivity contribution is 5.93. The molecule has 0 saturated heterocycles. The number of halogens is 3. The van der Waals surface area contributed by atoms with Crippen molar-refractivity contribution in [3.8, 4) is 0 Å². The Hall–Kier alpha value is -3.23. The number of carboxylic acid groups (broad SMARTS) is 1. The van der Waals surface area contributed by atoms with Gasteiger partial charge in [0.2, 0.25) is 0 Å². The molecule has 1 aliphatic carbocycles. The lowest BCUT2D eigenvalue weighted by atomic mass is 9.80. The van der Waals surface area contributed by atoms with E-state index in [1.807, 2.05) is 0 Å². The first-order chi connectivity index (χ1) is 14.1. The first kappa shape index (κ1) is 21.5. The summed E-state index contributed by atoms with van der Waals surface area (Å²) in [6, 6.07) is 6.76. The third kappa shape index (κ3) is 4.67. The van der Waals surface area contributed by atoms with Gasteiger partial charge in [-0.1, -0.05) is 0 Å². The van der Waals surface area contributed by atoms with E-state index in [1.165, 1.54) is 12.1 Å². The SMILES string of the molecule is Nc1cc(N)c(C2CCC(OC(=O)c3ccc(C(F)(F)F)cc3)CC2)c(C(=O)O)c1. The van der Waals surface area contributed by atoms with E-state index in [0.29, 0.717) is 36.9 Å². The molecule has 1 saturated carbocycles. The van der Waals surface area contributed by atoms with Crippen LogP contribution in [0.2, 0.25) is 0 Å². The molecule has 160 valence electrons. The van der Waals surface area contributed by atoms with Crippen LogP contribution in [0.1, 0.15) is 63.4 Å². The van der Waals surface area contributed by atoms with Gasteiger partial charge in [-0.15, -0.1) is 0 Å². The highest BCUT2D eigenvalue weighted by Crippen LogP contribution is 2.39. The number of ether oxygens (including phenoxy) is 1. The molecule has 5 N–H and O–H groups in total. The number of hydrogen-bond acceptors (Lipinski definition) is 5. The Morgan fingerprint density at radius 2 is 1.60 bits per heavy atom. The Morgan fingerprint density at radius 3 is 2.13 bits per heavy atom. The molecule has 0 amide bonds. The molecule has 30 heavy (non-hydrogen) atoms. The van der Waals surface area contributed by atoms with Gasteiger partial charge in [0.25, 0.3) is 0 Å². The zero-order chi connectivity index (χ0) is 22.1. The first-order valence-electron chi connectivity index (χ1n) is 9.36. The Bertz CT molecular complexity index is 950. The van der Waals surface area contributed by atoms with Crippen LogP contribution in [0.25, 0.3) is 0 Å². The van der Waals surface area contributed by atoms with Gasteiger partial charge in [-0.05, 0) is 73.6 Å². The number of rotatable bonds is 4. The summed E-state index contributed by atoms with van der Waals surface area (Å²) < 4.78 is 43.3. The van der Waals surface area contributed by atoms with Crippen molar-refractivity contribution in [2.75, 3.05) is 11.5 Å². The Kier molecular flexibility index (Phi) is 5.91. The summed E-state index contributed by atoms with van der Waals surface area (Å²) in [7, 11) is 0. The summed E-state index contributed by atoms with van der Waals surface area (Å²) in [5.41, 5.74) is 12.1. The fourth-order valence-electron chi connectivity index (χ4n) is 3.82. The van der Waals surface area contributed by atoms with E-state index in [4.69, 9.17) is 16.2 Å². The molecule has 0 atom stereocenters. The molecule has 0 aliphatic heterocycles. The van der Waals surface area contributed by atoms with Crippen molar-refractivity contribution in [3.05, 3.63) is 58.7 Å². The summed E-state index contributed by atoms with van der Waals surface area (Å²) in [4.78, 5) is 23.8. The summed E-state index contributed by atoms with van der Waals surface area (Å²) in [6.45, 7) is 0. The zero-order valence-corrected chi connectivity index (χ0v) is 15.9. The molecule has 0 aromatic heterocycles. The Morgan fingerprint density at radius 1 is 1.00 bits per heavy atom. The molecular weight excluding hydrogens is 401 g/mol. The average Bonchev–Trinajstić information content (AvgIpc) is 2.67. The molecule has 0 spiro atoms. The lowest BCUT2D eigenvalue weighted by Gasteiger charge is -2.30. The van der Waals surface area contributed by atoms with Crippen molar-refractivity contribution in [1.82, 2.24) is 0 Å². The number of carboxylic acids is 1. The topological polar surface area (TPSA) is 116 Å². The highest BCUT2D eigenvalue weighted by Gasteiger charge is 2.31. The number of carbonyl (C=O) groups is 2. The van der Waals surface area contributed by atoms with Gasteiger partial charge < -0.3 is 21.3 Å². The molecule has 0 heterocycles. The zero-order valence-electron chi connectivity index (χ0n) is 15.9. The van der Waals surface area contributed by atoms with Gasteiger partial charge in [0.05, 0.1) is 16.7 Å². The van der Waals surface area contributed by atoms with Crippen LogP contribution in [0.3, 0.4) is 0 Å². The normalized spacial score (nSPS) is 19.3. The summed E-state index contributed by atoms with van der Waals surface area (Å²) in [5.74, 6) is -1.91. The molecular formula is C21H21F3N2O4. The average molecular weight is 422 g/mol. The maximum absolute atomic E-state index is 12.6. The van der Waals surface area contributed by atoms with Crippen LogP contribution in [-0.2, 0) is 10.9 Å². The van der Waals surface area contributed by atoms with Crippen LogP contribution in [0.5, 0.6) is 0 Å². The van der Waals surface area contributed by atoms with Gasteiger partial charge in [-0.3, -0.25) is 0 Å². The predicted molar refractivity (Wildman–Crippen MR) is 104 cm³/mol. The lowest BCUT2D eigenvalue weighted by molar-refractivity contribution is -0.137. The molecule has 1 aliphatic rings. The van der Waals surface area contributed by atoms with E-state index in [0.717, 1.165) is 24.3 Å². The number of nitrogen functional groups attached to an aromatic ring is 2. The van der Waals surface area contributed by atoms with Crippen LogP contribution < -0.4 is 11.5 Å². The van der Waals surface area contributed by atoms with Crippen molar-refractivity contribution in [1.29, 1.82) is 0 Å². The summed E-state index contributed by atoms with van der Waals surface area (Å²) in [6.07, 6.45) is -2.79. The molecule has 0 unspecified atom stereocenters. The fraction of sp³-hybridized carbons (Fsp3) is 0.333. The highest BCUT2D eigenvalue weighted by atomic mass is 19.4. The molecule has 0 radical (unpaired) electrons. The smallest absolute Gasteiger partial charge is 0.416 e. The Balaban J connectivity index is 1.64. The second kappa shape index (κ2) is 8.25. The molecule has 9 heteroatoms. The van der Waals surface area contributed by atoms with E-state index in [1.54, 1.807) is 0 Å². The van der Waals surface area contributed by atoms with E-state index in [9.17, 15) is 27.9 Å². The molecule has 2 aromatic rings. The largest absolute Gasteiger partial charge is 0.478 e. The standard InChI is InChI=1S/C21H21F3N2O4/c22-21(23,24)13-5-1-12(2-6-13)20(29)30-15-7-3-11(4-8-15)18-16(19(27)28)9-14(25)10-17(18)26/h1-2,5-6,9-11,15H,3-4,7-8,25-26H2,(H,27,28). The van der Waals surface area contributed by atoms with Crippen LogP contribution >= 0.6 is 0 Å². The van der Waals surface area contributed by atoms with Crippen LogP contribution in [-0.4, -0.2) is 23.1 Å². The minimum absolute atomic E-state index is 0.0427. The number of hydrogen-bond donors (Lipinski definition) is 3. The van der Waals surface area contributed by atoms with Crippen molar-refractivity contribution in [3.63, 3.8) is 0 Å². The second-order valence-corrected chi connectivity index (χ2v) is 7.33. The van der Waals surface area contributed by atoms with Crippen molar-refractivity contribution < 1.29 is 32.6 Å². The van der Waals surface area contributed by atoms with Crippen LogP contribution in [0.15, 0.2) is 36.4 Å². The van der Waals surface area contributed by atoms with Gasteiger partial charge in [0.15, 0.2) is 0 Å². The molecule has 0 bridgehead atoms. The van der Waals surface area contributed by atoms with Crippen molar-refractivity contribution >= 4 is 23.3 Å². The van der Waals surface area contributed by atoms with E-state index in [2.05, 4.69) is 0 Å². The Labute approximate surface area is 170 Å². The van der Waals surface area contributed by atoms with Gasteiger partial charge >= 0.3 is 18.1 Å². The number of esters is 1. The third-order valence-corrected chi connectivity index (χ3v) is 5.27. The molecule has 1 fully saturated rings.